The standard InChI is InChI=1S/C16H22BF3N2O2/c1-14(2)15(3,4)24-17(23-14)11(10-21-5)9-12-7-6-8-13(22-12)16(18,19)20/h6-9,21H,10H2,1-5H3. The summed E-state index contributed by atoms with van der Waals surface area (Å²) in [5, 5.41) is 2.99. The van der Waals surface area contributed by atoms with Gasteiger partial charge in [-0.05, 0) is 58.4 Å². The third kappa shape index (κ3) is 3.99. The summed E-state index contributed by atoms with van der Waals surface area (Å²) >= 11 is 0. The molecule has 1 aliphatic heterocycles. The molecule has 1 saturated heterocycles. The summed E-state index contributed by atoms with van der Waals surface area (Å²) in [6, 6.07) is 3.81. The van der Waals surface area contributed by atoms with Crippen LogP contribution in [0.25, 0.3) is 6.08 Å². The molecule has 0 atom stereocenters. The fourth-order valence-electron chi connectivity index (χ4n) is 2.28. The van der Waals surface area contributed by atoms with E-state index in [9.17, 15) is 13.2 Å². The van der Waals surface area contributed by atoms with Crippen LogP contribution in [0.5, 0.6) is 0 Å². The Bertz CT molecular complexity index is 614. The Hall–Kier alpha value is -1.38. The summed E-state index contributed by atoms with van der Waals surface area (Å²) in [6.45, 7) is 8.10. The highest BCUT2D eigenvalue weighted by Gasteiger charge is 2.52. The largest absolute Gasteiger partial charge is 0.491 e. The number of pyridine rings is 1. The van der Waals surface area contributed by atoms with Crippen LogP contribution in [-0.4, -0.2) is 36.9 Å². The number of rotatable bonds is 4. The van der Waals surface area contributed by atoms with Gasteiger partial charge in [0.05, 0.1) is 16.9 Å². The van der Waals surface area contributed by atoms with Crippen LogP contribution in [0.4, 0.5) is 13.2 Å². The number of alkyl halides is 3. The SMILES string of the molecule is CNCC(=Cc1cccc(C(F)(F)F)n1)B1OC(C)(C)C(C)(C)O1. The van der Waals surface area contributed by atoms with Gasteiger partial charge in [-0.15, -0.1) is 0 Å². The van der Waals surface area contributed by atoms with Gasteiger partial charge in [0.25, 0.3) is 0 Å². The summed E-state index contributed by atoms with van der Waals surface area (Å²) in [4.78, 5) is 3.67. The molecule has 2 heterocycles. The van der Waals surface area contributed by atoms with Gasteiger partial charge in [0, 0.05) is 6.54 Å². The number of hydrogen-bond acceptors (Lipinski definition) is 4. The van der Waals surface area contributed by atoms with Crippen molar-refractivity contribution in [3.8, 4) is 0 Å². The molecular weight excluding hydrogens is 320 g/mol. The Kier molecular flexibility index (Phi) is 5.13. The zero-order valence-corrected chi connectivity index (χ0v) is 14.5. The molecule has 1 aromatic heterocycles. The van der Waals surface area contributed by atoms with Crippen LogP contribution in [0.1, 0.15) is 39.1 Å². The van der Waals surface area contributed by atoms with Crippen molar-refractivity contribution in [1.29, 1.82) is 0 Å². The Balaban J connectivity index is 2.33. The minimum Gasteiger partial charge on any atom is -0.400 e. The molecule has 1 fully saturated rings. The normalized spacial score (nSPS) is 20.5. The molecule has 8 heteroatoms. The van der Waals surface area contributed by atoms with Gasteiger partial charge in [-0.25, -0.2) is 4.98 Å². The number of nitrogens with one attached hydrogen (secondary N) is 1. The van der Waals surface area contributed by atoms with Crippen LogP contribution in [0.2, 0.25) is 0 Å². The third-order valence-corrected chi connectivity index (χ3v) is 4.33. The van der Waals surface area contributed by atoms with Crippen molar-refractivity contribution in [3.63, 3.8) is 0 Å². The van der Waals surface area contributed by atoms with Gasteiger partial charge >= 0.3 is 13.3 Å². The Morgan fingerprint density at radius 2 is 1.79 bits per heavy atom. The molecule has 0 amide bonds. The first kappa shape index (κ1) is 19.0. The molecule has 4 nitrogen and oxygen atoms in total. The van der Waals surface area contributed by atoms with E-state index in [4.69, 9.17) is 9.31 Å². The minimum atomic E-state index is -4.47. The van der Waals surface area contributed by atoms with Gasteiger partial charge in [-0.1, -0.05) is 6.07 Å². The quantitative estimate of drug-likeness (QED) is 0.853. The second-order valence-corrected chi connectivity index (χ2v) is 6.78. The lowest BCUT2D eigenvalue weighted by atomic mass is 9.77. The molecule has 0 bridgehead atoms. The van der Waals surface area contributed by atoms with Gasteiger partial charge in [0.1, 0.15) is 5.69 Å². The fourth-order valence-corrected chi connectivity index (χ4v) is 2.28. The number of aromatic nitrogens is 1. The van der Waals surface area contributed by atoms with Crippen molar-refractivity contribution in [2.75, 3.05) is 13.6 Å². The van der Waals surface area contributed by atoms with Crippen LogP contribution in [0.15, 0.2) is 23.7 Å². The Morgan fingerprint density at radius 3 is 2.29 bits per heavy atom. The van der Waals surface area contributed by atoms with Gasteiger partial charge in [0.15, 0.2) is 0 Å². The van der Waals surface area contributed by atoms with Gasteiger partial charge < -0.3 is 14.6 Å². The van der Waals surface area contributed by atoms with E-state index in [0.717, 1.165) is 6.07 Å². The van der Waals surface area contributed by atoms with E-state index in [2.05, 4.69) is 10.3 Å². The predicted octanol–water partition coefficient (Wildman–Crippen LogP) is 3.33. The van der Waals surface area contributed by atoms with Crippen LogP contribution in [-0.2, 0) is 15.5 Å². The summed E-state index contributed by atoms with van der Waals surface area (Å²) in [7, 11) is 1.11. The molecule has 24 heavy (non-hydrogen) atoms. The average Bonchev–Trinajstić information content (AvgIpc) is 2.66. The number of nitrogens with zero attached hydrogens (tertiary/aromatic N) is 1. The lowest BCUT2D eigenvalue weighted by Crippen LogP contribution is -2.41. The number of halogens is 3. The van der Waals surface area contributed by atoms with Crippen LogP contribution in [0.3, 0.4) is 0 Å². The second-order valence-electron chi connectivity index (χ2n) is 6.78. The number of likely N-dealkylation sites (N-methyl/N-ethyl adjacent to an activating group) is 1. The molecule has 0 aliphatic carbocycles. The lowest BCUT2D eigenvalue weighted by Gasteiger charge is -2.32. The minimum absolute atomic E-state index is 0.213. The van der Waals surface area contributed by atoms with Crippen molar-refractivity contribution in [3.05, 3.63) is 35.1 Å². The maximum absolute atomic E-state index is 12.8. The maximum atomic E-state index is 12.8. The van der Waals surface area contributed by atoms with Crippen LogP contribution < -0.4 is 5.32 Å². The topological polar surface area (TPSA) is 43.4 Å². The average molecular weight is 342 g/mol. The molecule has 1 aliphatic rings. The molecule has 1 aromatic rings. The van der Waals surface area contributed by atoms with E-state index in [-0.39, 0.29) is 5.69 Å². The highest BCUT2D eigenvalue weighted by molar-refractivity contribution is 6.55. The highest BCUT2D eigenvalue weighted by Crippen LogP contribution is 2.38. The monoisotopic (exact) mass is 342 g/mol. The molecule has 0 aromatic carbocycles. The van der Waals surface area contributed by atoms with E-state index in [1.807, 2.05) is 27.7 Å². The highest BCUT2D eigenvalue weighted by atomic mass is 19.4. The molecule has 0 spiro atoms. The van der Waals surface area contributed by atoms with E-state index >= 15 is 0 Å². The molecular formula is C16H22BF3N2O2. The van der Waals surface area contributed by atoms with E-state index in [1.54, 1.807) is 13.1 Å². The maximum Gasteiger partial charge on any atom is 0.491 e. The molecule has 2 rings (SSSR count). The zero-order valence-electron chi connectivity index (χ0n) is 14.5. The van der Waals surface area contributed by atoms with E-state index < -0.39 is 30.2 Å². The summed E-state index contributed by atoms with van der Waals surface area (Å²) in [6.07, 6.45) is -2.90. The molecule has 0 saturated carbocycles. The Labute approximate surface area is 140 Å². The van der Waals surface area contributed by atoms with E-state index in [0.29, 0.717) is 12.0 Å². The van der Waals surface area contributed by atoms with Crippen molar-refractivity contribution < 1.29 is 22.5 Å². The number of hydrogen-bond donors (Lipinski definition) is 1. The summed E-state index contributed by atoms with van der Waals surface area (Å²) in [5.41, 5.74) is -1.07. The first-order chi connectivity index (χ1) is 11.0. The first-order valence-electron chi connectivity index (χ1n) is 7.71. The van der Waals surface area contributed by atoms with Gasteiger partial charge in [-0.2, -0.15) is 13.2 Å². The first-order valence-corrected chi connectivity index (χ1v) is 7.71. The molecule has 1 N–H and O–H groups in total. The van der Waals surface area contributed by atoms with Crippen LogP contribution >= 0.6 is 0 Å². The third-order valence-electron chi connectivity index (χ3n) is 4.33. The summed E-state index contributed by atoms with van der Waals surface area (Å²) in [5.74, 6) is 0. The molecule has 0 radical (unpaired) electrons. The van der Waals surface area contributed by atoms with Crippen molar-refractivity contribution in [2.24, 2.45) is 0 Å². The van der Waals surface area contributed by atoms with Crippen molar-refractivity contribution in [1.82, 2.24) is 10.3 Å². The van der Waals surface area contributed by atoms with Gasteiger partial charge in [0.2, 0.25) is 0 Å². The van der Waals surface area contributed by atoms with Gasteiger partial charge in [-0.3, -0.25) is 0 Å². The molecule has 132 valence electrons. The van der Waals surface area contributed by atoms with Crippen LogP contribution in [0, 0.1) is 0 Å². The fraction of sp³-hybridized carbons (Fsp3) is 0.562. The lowest BCUT2D eigenvalue weighted by molar-refractivity contribution is -0.141. The predicted molar refractivity (Wildman–Crippen MR) is 87.2 cm³/mol. The Morgan fingerprint density at radius 1 is 1.21 bits per heavy atom. The second kappa shape index (κ2) is 6.50. The van der Waals surface area contributed by atoms with E-state index in [1.165, 1.54) is 12.1 Å². The van der Waals surface area contributed by atoms with Crippen molar-refractivity contribution in [2.45, 2.75) is 45.1 Å². The van der Waals surface area contributed by atoms with Crippen molar-refractivity contribution >= 4 is 13.2 Å². The zero-order chi connectivity index (χ0) is 18.2. The smallest absolute Gasteiger partial charge is 0.400 e. The molecule has 0 unspecified atom stereocenters. The summed E-state index contributed by atoms with van der Waals surface area (Å²) < 4.78 is 50.4.